The molecule has 0 aromatic heterocycles. The van der Waals surface area contributed by atoms with Crippen LogP contribution in [0.1, 0.15) is 57.4 Å². The Bertz CT molecular complexity index is 787. The summed E-state index contributed by atoms with van der Waals surface area (Å²) in [7, 11) is 0. The molecular weight excluding hydrogens is 378 g/mol. The lowest BCUT2D eigenvalue weighted by molar-refractivity contribution is -0.139. The molecule has 0 bridgehead atoms. The molecular formula is C24H33N3O3. The zero-order valence-corrected chi connectivity index (χ0v) is 17.9. The normalized spacial score (nSPS) is 24.2. The summed E-state index contributed by atoms with van der Waals surface area (Å²) >= 11 is 0. The van der Waals surface area contributed by atoms with Gasteiger partial charge in [-0.1, -0.05) is 25.5 Å². The zero-order valence-electron chi connectivity index (χ0n) is 17.9. The molecule has 162 valence electrons. The van der Waals surface area contributed by atoms with E-state index < -0.39 is 0 Å². The Morgan fingerprint density at radius 1 is 1.07 bits per heavy atom. The SMILES string of the molecule is CCCCc1ccc(N2CC(C(=O)N3CCCC(C(=O)NC4CC4)C3)CC2=O)cc1. The van der Waals surface area contributed by atoms with Crippen LogP contribution in [0.2, 0.25) is 0 Å². The highest BCUT2D eigenvalue weighted by Gasteiger charge is 2.39. The molecule has 2 aliphatic heterocycles. The summed E-state index contributed by atoms with van der Waals surface area (Å²) in [6.45, 7) is 3.77. The molecule has 30 heavy (non-hydrogen) atoms. The average Bonchev–Trinajstić information content (AvgIpc) is 3.50. The summed E-state index contributed by atoms with van der Waals surface area (Å²) in [5.41, 5.74) is 2.15. The first-order valence-corrected chi connectivity index (χ1v) is 11.5. The van der Waals surface area contributed by atoms with Gasteiger partial charge in [0.15, 0.2) is 0 Å². The van der Waals surface area contributed by atoms with E-state index in [0.717, 1.165) is 50.6 Å². The maximum Gasteiger partial charge on any atom is 0.228 e. The van der Waals surface area contributed by atoms with Crippen molar-refractivity contribution in [1.29, 1.82) is 0 Å². The number of amides is 3. The van der Waals surface area contributed by atoms with Gasteiger partial charge in [0, 0.05) is 37.8 Å². The number of hydrogen-bond donors (Lipinski definition) is 1. The molecule has 2 heterocycles. The summed E-state index contributed by atoms with van der Waals surface area (Å²) < 4.78 is 0. The molecule has 1 aromatic carbocycles. The fourth-order valence-corrected chi connectivity index (χ4v) is 4.54. The Labute approximate surface area is 179 Å². The van der Waals surface area contributed by atoms with Crippen LogP contribution >= 0.6 is 0 Å². The van der Waals surface area contributed by atoms with Crippen molar-refractivity contribution in [3.8, 4) is 0 Å². The predicted molar refractivity (Wildman–Crippen MR) is 116 cm³/mol. The smallest absolute Gasteiger partial charge is 0.228 e. The number of rotatable bonds is 7. The molecule has 4 rings (SSSR count). The van der Waals surface area contributed by atoms with Crippen molar-refractivity contribution in [3.05, 3.63) is 29.8 Å². The summed E-state index contributed by atoms with van der Waals surface area (Å²) in [5.74, 6) is -0.319. The number of hydrogen-bond acceptors (Lipinski definition) is 3. The number of piperidine rings is 1. The molecule has 2 unspecified atom stereocenters. The van der Waals surface area contributed by atoms with Gasteiger partial charge in [-0.25, -0.2) is 0 Å². The molecule has 1 saturated carbocycles. The Hall–Kier alpha value is -2.37. The maximum absolute atomic E-state index is 13.1. The van der Waals surface area contributed by atoms with Crippen molar-refractivity contribution >= 4 is 23.4 Å². The third-order valence-corrected chi connectivity index (χ3v) is 6.57. The van der Waals surface area contributed by atoms with E-state index in [1.54, 1.807) is 4.90 Å². The van der Waals surface area contributed by atoms with E-state index in [4.69, 9.17) is 0 Å². The average molecular weight is 412 g/mol. The van der Waals surface area contributed by atoms with Crippen LogP contribution in [0.3, 0.4) is 0 Å². The van der Waals surface area contributed by atoms with Crippen LogP contribution in [-0.4, -0.2) is 48.3 Å². The summed E-state index contributed by atoms with van der Waals surface area (Å²) in [6.07, 6.45) is 7.45. The predicted octanol–water partition coefficient (Wildman–Crippen LogP) is 2.90. The molecule has 3 aliphatic rings. The van der Waals surface area contributed by atoms with Crippen LogP contribution in [0.15, 0.2) is 24.3 Å². The van der Waals surface area contributed by atoms with E-state index in [9.17, 15) is 14.4 Å². The van der Waals surface area contributed by atoms with Crippen molar-refractivity contribution in [2.24, 2.45) is 11.8 Å². The third kappa shape index (κ3) is 4.85. The number of anilines is 1. The number of aryl methyl sites for hydroxylation is 1. The van der Waals surface area contributed by atoms with E-state index in [1.807, 2.05) is 17.0 Å². The standard InChI is InChI=1S/C24H33N3O3/c1-2-3-5-17-7-11-21(12-8-17)27-16-19(14-22(27)28)24(30)26-13-4-6-18(15-26)23(29)25-20-9-10-20/h7-8,11-12,18-20H,2-6,9-10,13-16H2,1H3,(H,25,29). The molecule has 1 N–H and O–H groups in total. The van der Waals surface area contributed by atoms with Crippen molar-refractivity contribution in [1.82, 2.24) is 10.2 Å². The first-order valence-electron chi connectivity index (χ1n) is 11.5. The highest BCUT2D eigenvalue weighted by molar-refractivity contribution is 6.00. The van der Waals surface area contributed by atoms with Gasteiger partial charge in [0.05, 0.1) is 11.8 Å². The van der Waals surface area contributed by atoms with Crippen molar-refractivity contribution in [2.45, 2.75) is 64.3 Å². The molecule has 1 aliphatic carbocycles. The van der Waals surface area contributed by atoms with Gasteiger partial charge in [0.1, 0.15) is 0 Å². The molecule has 6 nitrogen and oxygen atoms in total. The van der Waals surface area contributed by atoms with Crippen LogP contribution in [0.25, 0.3) is 0 Å². The van der Waals surface area contributed by atoms with Crippen molar-refractivity contribution in [3.63, 3.8) is 0 Å². The molecule has 2 saturated heterocycles. The van der Waals surface area contributed by atoms with Crippen LogP contribution < -0.4 is 10.2 Å². The number of benzene rings is 1. The number of unbranched alkanes of at least 4 members (excludes halogenated alkanes) is 1. The highest BCUT2D eigenvalue weighted by atomic mass is 16.2. The van der Waals surface area contributed by atoms with Crippen molar-refractivity contribution in [2.75, 3.05) is 24.5 Å². The number of nitrogens with one attached hydrogen (secondary N) is 1. The Morgan fingerprint density at radius 3 is 2.53 bits per heavy atom. The topological polar surface area (TPSA) is 69.7 Å². The molecule has 0 radical (unpaired) electrons. The van der Waals surface area contributed by atoms with E-state index in [2.05, 4.69) is 24.4 Å². The molecule has 6 heteroatoms. The quantitative estimate of drug-likeness (QED) is 0.750. The Kier molecular flexibility index (Phi) is 6.40. The number of carbonyl (C=O) groups excluding carboxylic acids is 3. The molecule has 0 spiro atoms. The monoisotopic (exact) mass is 411 g/mol. The van der Waals surface area contributed by atoms with Crippen LogP contribution in [-0.2, 0) is 20.8 Å². The number of likely N-dealkylation sites (tertiary alicyclic amines) is 1. The van der Waals surface area contributed by atoms with E-state index in [1.165, 1.54) is 5.56 Å². The van der Waals surface area contributed by atoms with Crippen LogP contribution in [0.4, 0.5) is 5.69 Å². The lowest BCUT2D eigenvalue weighted by atomic mass is 9.95. The second kappa shape index (κ2) is 9.19. The fraction of sp³-hybridized carbons (Fsp3) is 0.625. The maximum atomic E-state index is 13.1. The summed E-state index contributed by atoms with van der Waals surface area (Å²) in [4.78, 5) is 41.7. The van der Waals surface area contributed by atoms with Gasteiger partial charge in [-0.2, -0.15) is 0 Å². The molecule has 3 fully saturated rings. The second-order valence-corrected chi connectivity index (χ2v) is 9.08. The van der Waals surface area contributed by atoms with Gasteiger partial charge in [-0.05, 0) is 56.2 Å². The van der Waals surface area contributed by atoms with E-state index >= 15 is 0 Å². The van der Waals surface area contributed by atoms with Gasteiger partial charge in [-0.3, -0.25) is 14.4 Å². The van der Waals surface area contributed by atoms with Gasteiger partial charge in [-0.15, -0.1) is 0 Å². The minimum Gasteiger partial charge on any atom is -0.353 e. The largest absolute Gasteiger partial charge is 0.353 e. The van der Waals surface area contributed by atoms with Gasteiger partial charge < -0.3 is 15.1 Å². The van der Waals surface area contributed by atoms with Crippen LogP contribution in [0, 0.1) is 11.8 Å². The third-order valence-electron chi connectivity index (χ3n) is 6.57. The first kappa shape index (κ1) is 20.9. The minimum absolute atomic E-state index is 0.00898. The lowest BCUT2D eigenvalue weighted by Gasteiger charge is -2.33. The first-order chi connectivity index (χ1) is 14.5. The minimum atomic E-state index is -0.317. The molecule has 3 amide bonds. The highest BCUT2D eigenvalue weighted by Crippen LogP contribution is 2.29. The number of carbonyl (C=O) groups is 3. The van der Waals surface area contributed by atoms with E-state index in [0.29, 0.717) is 25.7 Å². The summed E-state index contributed by atoms with van der Waals surface area (Å²) in [5, 5.41) is 3.07. The van der Waals surface area contributed by atoms with Gasteiger partial charge >= 0.3 is 0 Å². The Balaban J connectivity index is 1.34. The van der Waals surface area contributed by atoms with Crippen LogP contribution in [0.5, 0.6) is 0 Å². The second-order valence-electron chi connectivity index (χ2n) is 9.08. The van der Waals surface area contributed by atoms with E-state index in [-0.39, 0.29) is 36.0 Å². The zero-order chi connectivity index (χ0) is 21.1. The Morgan fingerprint density at radius 2 is 1.83 bits per heavy atom. The van der Waals surface area contributed by atoms with Gasteiger partial charge in [0.2, 0.25) is 17.7 Å². The van der Waals surface area contributed by atoms with Crippen molar-refractivity contribution < 1.29 is 14.4 Å². The molecule has 1 aromatic rings. The lowest BCUT2D eigenvalue weighted by Crippen LogP contribution is -2.48. The summed E-state index contributed by atoms with van der Waals surface area (Å²) in [6, 6.07) is 8.50. The van der Waals surface area contributed by atoms with Gasteiger partial charge in [0.25, 0.3) is 0 Å². The number of nitrogens with zero attached hydrogens (tertiary/aromatic N) is 2. The molecule has 2 atom stereocenters. The fourth-order valence-electron chi connectivity index (χ4n) is 4.54.